The minimum absolute atomic E-state index is 0.106. The lowest BCUT2D eigenvalue weighted by Crippen LogP contribution is -2.14. The van der Waals surface area contributed by atoms with Gasteiger partial charge in [0.2, 0.25) is 0 Å². The third-order valence-corrected chi connectivity index (χ3v) is 3.77. The number of aromatic amines is 1. The van der Waals surface area contributed by atoms with E-state index in [1.54, 1.807) is 6.92 Å². The molecule has 1 heterocycles. The average Bonchev–Trinajstić information content (AvgIpc) is 2.86. The number of imidazole rings is 1. The lowest BCUT2D eigenvalue weighted by molar-refractivity contribution is 0.350. The van der Waals surface area contributed by atoms with Gasteiger partial charge in [0, 0.05) is 0 Å². The number of halogens is 1. The topological polar surface area (TPSA) is 95.1 Å². The van der Waals surface area contributed by atoms with Gasteiger partial charge in [0.15, 0.2) is 5.03 Å². The summed E-state index contributed by atoms with van der Waals surface area (Å²) in [5.74, 6) is 4.73. The Morgan fingerprint density at radius 2 is 2.24 bits per heavy atom. The van der Waals surface area contributed by atoms with E-state index < -0.39 is 22.4 Å². The van der Waals surface area contributed by atoms with E-state index in [0.717, 1.165) is 12.1 Å². The lowest BCUT2D eigenvalue weighted by Gasteiger charge is -2.08. The van der Waals surface area contributed by atoms with Crippen LogP contribution in [-0.4, -0.2) is 30.1 Å². The summed E-state index contributed by atoms with van der Waals surface area (Å²) in [6.45, 7) is 1.21. The fourth-order valence-corrected chi connectivity index (χ4v) is 2.63. The second kappa shape index (κ2) is 5.95. The number of nitrogens with zero attached hydrogens (tertiary/aromatic N) is 1. The van der Waals surface area contributed by atoms with Crippen molar-refractivity contribution >= 4 is 15.7 Å². The van der Waals surface area contributed by atoms with Gasteiger partial charge in [-0.05, 0) is 25.1 Å². The number of benzene rings is 1. The van der Waals surface area contributed by atoms with E-state index in [0.29, 0.717) is 5.82 Å². The Labute approximate surface area is 121 Å². The van der Waals surface area contributed by atoms with Crippen LogP contribution in [0.5, 0.6) is 0 Å². The van der Waals surface area contributed by atoms with Gasteiger partial charge in [0.1, 0.15) is 18.2 Å². The van der Waals surface area contributed by atoms with Crippen molar-refractivity contribution in [2.24, 2.45) is 0 Å². The molecular formula is C13H12FN3O3S. The molecule has 0 unspecified atom stereocenters. The zero-order chi connectivity index (χ0) is 15.5. The molecule has 0 saturated heterocycles. The second-order valence-corrected chi connectivity index (χ2v) is 5.74. The van der Waals surface area contributed by atoms with E-state index in [1.807, 2.05) is 0 Å². The summed E-state index contributed by atoms with van der Waals surface area (Å²) in [6, 6.07) is 3.45. The first-order valence-electron chi connectivity index (χ1n) is 5.86. The molecule has 1 aromatic carbocycles. The molecule has 6 nitrogen and oxygen atoms in total. The van der Waals surface area contributed by atoms with Crippen molar-refractivity contribution in [2.75, 3.05) is 11.3 Å². The minimum Gasteiger partial charge on any atom is -0.384 e. The number of hydrogen-bond acceptors (Lipinski definition) is 4. The third kappa shape index (κ3) is 3.59. The van der Waals surface area contributed by atoms with Gasteiger partial charge in [-0.3, -0.25) is 4.72 Å². The molecule has 0 bridgehead atoms. The predicted octanol–water partition coefficient (Wildman–Crippen LogP) is 1.00. The largest absolute Gasteiger partial charge is 0.384 e. The van der Waals surface area contributed by atoms with E-state index in [2.05, 4.69) is 26.5 Å². The quantitative estimate of drug-likeness (QED) is 0.737. The highest BCUT2D eigenvalue weighted by Gasteiger charge is 2.18. The smallest absolute Gasteiger partial charge is 0.279 e. The molecule has 0 atom stereocenters. The van der Waals surface area contributed by atoms with Gasteiger partial charge in [-0.25, -0.2) is 9.37 Å². The van der Waals surface area contributed by atoms with Crippen LogP contribution in [0.3, 0.4) is 0 Å². The number of nitrogens with one attached hydrogen (secondary N) is 2. The Morgan fingerprint density at radius 3 is 2.86 bits per heavy atom. The Balaban J connectivity index is 2.39. The van der Waals surface area contributed by atoms with Crippen LogP contribution in [0.4, 0.5) is 10.1 Å². The average molecular weight is 309 g/mol. The van der Waals surface area contributed by atoms with Crippen molar-refractivity contribution in [3.8, 4) is 11.8 Å². The monoisotopic (exact) mass is 309 g/mol. The van der Waals surface area contributed by atoms with Crippen molar-refractivity contribution in [1.82, 2.24) is 9.97 Å². The first-order chi connectivity index (χ1) is 9.92. The number of H-pyrrole nitrogens is 1. The Kier molecular flexibility index (Phi) is 4.26. The molecule has 2 aromatic rings. The van der Waals surface area contributed by atoms with Crippen molar-refractivity contribution in [3.63, 3.8) is 0 Å². The molecule has 0 radical (unpaired) electrons. The molecule has 0 fully saturated rings. The molecule has 2 rings (SSSR count). The van der Waals surface area contributed by atoms with Crippen LogP contribution in [0.1, 0.15) is 11.4 Å². The first-order valence-corrected chi connectivity index (χ1v) is 7.34. The first kappa shape index (κ1) is 15.0. The summed E-state index contributed by atoms with van der Waals surface area (Å²) in [5.41, 5.74) is 0.244. The summed E-state index contributed by atoms with van der Waals surface area (Å²) in [5, 5.41) is 8.58. The Bertz CT molecular complexity index is 819. The van der Waals surface area contributed by atoms with E-state index in [1.165, 1.54) is 12.3 Å². The molecule has 21 heavy (non-hydrogen) atoms. The molecule has 0 saturated carbocycles. The fourth-order valence-electron chi connectivity index (χ4n) is 1.58. The summed E-state index contributed by atoms with van der Waals surface area (Å²) in [7, 11) is -3.87. The van der Waals surface area contributed by atoms with Gasteiger partial charge < -0.3 is 10.1 Å². The zero-order valence-corrected chi connectivity index (χ0v) is 11.8. The Hall–Kier alpha value is -2.37. The molecule has 0 aliphatic carbocycles. The van der Waals surface area contributed by atoms with Crippen LogP contribution < -0.4 is 4.72 Å². The van der Waals surface area contributed by atoms with Gasteiger partial charge in [0.25, 0.3) is 10.0 Å². The molecular weight excluding hydrogens is 297 g/mol. The van der Waals surface area contributed by atoms with E-state index in [4.69, 9.17) is 5.11 Å². The maximum Gasteiger partial charge on any atom is 0.279 e. The number of aliphatic hydroxyl groups excluding tert-OH is 1. The number of sulfonamides is 1. The molecule has 0 spiro atoms. The van der Waals surface area contributed by atoms with Crippen LogP contribution in [0, 0.1) is 24.6 Å². The Morgan fingerprint density at radius 1 is 1.48 bits per heavy atom. The van der Waals surface area contributed by atoms with Crippen LogP contribution in [-0.2, 0) is 10.0 Å². The highest BCUT2D eigenvalue weighted by molar-refractivity contribution is 7.92. The van der Waals surface area contributed by atoms with Gasteiger partial charge in [0.05, 0.1) is 17.4 Å². The summed E-state index contributed by atoms with van der Waals surface area (Å²) in [4.78, 5) is 6.41. The van der Waals surface area contributed by atoms with Gasteiger partial charge in [-0.2, -0.15) is 8.42 Å². The summed E-state index contributed by atoms with van der Waals surface area (Å²) >= 11 is 0. The molecule has 8 heteroatoms. The highest BCUT2D eigenvalue weighted by atomic mass is 32.2. The normalized spacial score (nSPS) is 10.8. The van der Waals surface area contributed by atoms with E-state index >= 15 is 0 Å². The van der Waals surface area contributed by atoms with Gasteiger partial charge in [-0.15, -0.1) is 0 Å². The number of hydrogen-bond donors (Lipinski definition) is 3. The van der Waals surface area contributed by atoms with E-state index in [-0.39, 0.29) is 16.3 Å². The third-order valence-electron chi connectivity index (χ3n) is 2.50. The minimum atomic E-state index is -3.87. The molecule has 1 aromatic heterocycles. The summed E-state index contributed by atoms with van der Waals surface area (Å²) in [6.07, 6.45) is 1.18. The number of aryl methyl sites for hydroxylation is 1. The standard InChI is InChI=1S/C13H12FN3O3S/c1-9-15-8-13(16-9)21(19,20)17-12-5-4-11(14)7-10(12)3-2-6-18/h4-5,7-8,17-18H,6H2,1H3,(H,15,16). The zero-order valence-electron chi connectivity index (χ0n) is 11.0. The molecule has 0 aliphatic heterocycles. The van der Waals surface area contributed by atoms with Crippen molar-refractivity contribution in [3.05, 3.63) is 41.6 Å². The van der Waals surface area contributed by atoms with Gasteiger partial charge >= 0.3 is 0 Å². The number of rotatable bonds is 3. The van der Waals surface area contributed by atoms with Crippen molar-refractivity contribution in [1.29, 1.82) is 0 Å². The maximum absolute atomic E-state index is 13.2. The van der Waals surface area contributed by atoms with Crippen molar-refractivity contribution in [2.45, 2.75) is 11.9 Å². The molecule has 0 amide bonds. The van der Waals surface area contributed by atoms with Crippen LogP contribution in [0.15, 0.2) is 29.4 Å². The van der Waals surface area contributed by atoms with Gasteiger partial charge in [-0.1, -0.05) is 11.8 Å². The van der Waals surface area contributed by atoms with E-state index in [9.17, 15) is 12.8 Å². The van der Waals surface area contributed by atoms with Crippen molar-refractivity contribution < 1.29 is 17.9 Å². The molecule has 3 N–H and O–H groups in total. The highest BCUT2D eigenvalue weighted by Crippen LogP contribution is 2.20. The lowest BCUT2D eigenvalue weighted by atomic mass is 10.2. The number of aliphatic hydroxyl groups is 1. The number of anilines is 1. The fraction of sp³-hybridized carbons (Fsp3) is 0.154. The van der Waals surface area contributed by atoms with Crippen LogP contribution >= 0.6 is 0 Å². The van der Waals surface area contributed by atoms with Crippen LogP contribution in [0.2, 0.25) is 0 Å². The maximum atomic E-state index is 13.2. The molecule has 110 valence electrons. The predicted molar refractivity (Wildman–Crippen MR) is 74.5 cm³/mol. The summed E-state index contributed by atoms with van der Waals surface area (Å²) < 4.78 is 39.8. The SMILES string of the molecule is Cc1ncc(S(=O)(=O)Nc2ccc(F)cc2C#CCO)[nH]1. The van der Waals surface area contributed by atoms with Crippen LogP contribution in [0.25, 0.3) is 0 Å². The number of aromatic nitrogens is 2. The second-order valence-electron chi connectivity index (χ2n) is 4.09. The molecule has 0 aliphatic rings.